The molecule has 20 heavy (non-hydrogen) atoms. The van der Waals surface area contributed by atoms with Crippen LogP contribution >= 0.6 is 139 Å². The molecule has 0 fully saturated rings. The summed E-state index contributed by atoms with van der Waals surface area (Å²) in [6.45, 7) is 3.44. The second kappa shape index (κ2) is 30.3. The predicted molar refractivity (Wildman–Crippen MR) is 103 cm³/mol. The van der Waals surface area contributed by atoms with Crippen molar-refractivity contribution in [1.29, 1.82) is 0 Å². The van der Waals surface area contributed by atoms with Crippen molar-refractivity contribution in [1.82, 2.24) is 0 Å². The van der Waals surface area contributed by atoms with Gasteiger partial charge in [0.15, 0.2) is 17.2 Å². The summed E-state index contributed by atoms with van der Waals surface area (Å²) in [6.07, 6.45) is -0.167. The monoisotopic (exact) mass is 532 g/mol. The van der Waals surface area contributed by atoms with Crippen molar-refractivity contribution in [2.45, 2.75) is 37.1 Å². The zero-order valence-electron chi connectivity index (χ0n) is 9.87. The number of alkyl halides is 12. The highest BCUT2D eigenvalue weighted by Crippen LogP contribution is 2.04. The van der Waals surface area contributed by atoms with Crippen LogP contribution in [0.1, 0.15) is 13.8 Å². The molecule has 0 aliphatic carbocycles. The summed E-state index contributed by atoms with van der Waals surface area (Å²) < 4.78 is -3.00. The molecule has 13 heteroatoms. The van der Waals surface area contributed by atoms with E-state index in [1.54, 1.807) is 13.8 Å². The highest BCUT2D eigenvalue weighted by Gasteiger charge is 1.80. The molecule has 0 heterocycles. The van der Waals surface area contributed by atoms with Crippen LogP contribution in [-0.4, -0.2) is 28.4 Å². The van der Waals surface area contributed by atoms with Crippen LogP contribution in [0.4, 0.5) is 0 Å². The fourth-order valence-electron chi connectivity index (χ4n) is 0. The van der Waals surface area contributed by atoms with Gasteiger partial charge in [-0.15, -0.1) is 0 Å². The van der Waals surface area contributed by atoms with Crippen molar-refractivity contribution < 1.29 is 5.11 Å². The van der Waals surface area contributed by atoms with Crippen LogP contribution in [0.25, 0.3) is 0 Å². The van der Waals surface area contributed by atoms with Gasteiger partial charge in [-0.05, 0) is 13.8 Å². The highest BCUT2D eigenvalue weighted by molar-refractivity contribution is 6.64. The minimum atomic E-state index is -0.750. The molecule has 0 saturated heterocycles. The molecule has 130 valence electrons. The second-order valence-electron chi connectivity index (χ2n) is 2.08. The van der Waals surface area contributed by atoms with E-state index in [0.717, 1.165) is 0 Å². The maximum Gasteiger partial charge on any atom is 0.180 e. The van der Waals surface area contributed by atoms with Gasteiger partial charge in [-0.1, -0.05) is 139 Å². The minimum Gasteiger partial charge on any atom is -0.394 e. The van der Waals surface area contributed by atoms with Crippen LogP contribution < -0.4 is 0 Å². The third-order valence-electron chi connectivity index (χ3n) is 0. The van der Waals surface area contributed by atoms with E-state index in [1.807, 2.05) is 0 Å². The number of hydrogen-bond donors (Lipinski definition) is 1. The Balaban J connectivity index is -0.0000000469. The van der Waals surface area contributed by atoms with Crippen LogP contribution in [0.15, 0.2) is 0 Å². The average Bonchev–Trinajstić information content (AvgIpc) is 1.94. The van der Waals surface area contributed by atoms with Gasteiger partial charge in [-0.3, -0.25) is 0 Å². The maximum atomic E-state index is 8.06. The summed E-state index contributed by atoms with van der Waals surface area (Å²) in [7, 11) is 0. The Morgan fingerprint density at radius 2 is 0.450 bits per heavy atom. The van der Waals surface area contributed by atoms with E-state index in [1.165, 1.54) is 0 Å². The molecule has 0 aromatic carbocycles. The van der Waals surface area contributed by atoms with Crippen molar-refractivity contribution in [2.24, 2.45) is 0 Å². The van der Waals surface area contributed by atoms with Crippen LogP contribution in [0.3, 0.4) is 0 Å². The molecule has 0 aliphatic heterocycles. The smallest absolute Gasteiger partial charge is 0.180 e. The first-order valence-electron chi connectivity index (χ1n) is 4.03. The molecule has 0 aliphatic rings. The molecule has 0 aromatic heterocycles. The van der Waals surface area contributed by atoms with E-state index in [0.29, 0.717) is 0 Å². The number of aliphatic hydroxyl groups excluding tert-OH is 1. The van der Waals surface area contributed by atoms with Gasteiger partial charge in [0.1, 0.15) is 0 Å². The molecule has 0 spiro atoms. The number of rotatable bonds is 0. The van der Waals surface area contributed by atoms with Gasteiger partial charge in [0, 0.05) is 6.10 Å². The van der Waals surface area contributed by atoms with Crippen molar-refractivity contribution in [3.63, 3.8) is 0 Å². The van der Waals surface area contributed by atoms with Crippen LogP contribution in [0.2, 0.25) is 0 Å². The minimum absolute atomic E-state index is 0.167. The van der Waals surface area contributed by atoms with Gasteiger partial charge in [-0.25, -0.2) is 0 Å². The van der Waals surface area contributed by atoms with Gasteiger partial charge in [-0.2, -0.15) is 0 Å². The quantitative estimate of drug-likeness (QED) is 0.308. The zero-order valence-corrected chi connectivity index (χ0v) is 18.9. The Bertz CT molecular complexity index is 82.4. The van der Waals surface area contributed by atoms with Crippen LogP contribution in [0.5, 0.6) is 0 Å². The molecule has 0 rings (SSSR count). The summed E-state index contributed by atoms with van der Waals surface area (Å²) in [5, 5.41) is 8.06. The van der Waals surface area contributed by atoms with Crippen LogP contribution in [-0.2, 0) is 0 Å². The Labute approximate surface area is 179 Å². The largest absolute Gasteiger partial charge is 0.394 e. The molecule has 1 N–H and O–H groups in total. The summed E-state index contributed by atoms with van der Waals surface area (Å²) in [4.78, 5) is 0. The summed E-state index contributed by atoms with van der Waals surface area (Å²) in [5.41, 5.74) is 0. The van der Waals surface area contributed by atoms with Crippen molar-refractivity contribution in [3.05, 3.63) is 0 Å². The summed E-state index contributed by atoms with van der Waals surface area (Å²) in [6, 6.07) is 0. The molecule has 0 bridgehead atoms. The van der Waals surface area contributed by atoms with Gasteiger partial charge >= 0.3 is 0 Å². The lowest BCUT2D eigenvalue weighted by atomic mass is 10.5. The molecule has 0 saturated carbocycles. The lowest BCUT2D eigenvalue weighted by Crippen LogP contribution is -1.85. The number of aliphatic hydroxyl groups is 1. The summed E-state index contributed by atoms with van der Waals surface area (Å²) in [5.74, 6) is 0. The highest BCUT2D eigenvalue weighted by atomic mass is 35.6. The third kappa shape index (κ3) is 757. The molecule has 0 amide bonds. The second-order valence-corrected chi connectivity index (χ2v) is 10.0. The Morgan fingerprint density at radius 1 is 0.450 bits per heavy atom. The van der Waals surface area contributed by atoms with Gasteiger partial charge < -0.3 is 5.11 Å². The molecule has 0 unspecified atom stereocenters. The molecule has 0 radical (unpaired) electrons. The molecule has 1 nitrogen and oxygen atoms in total. The molecular formula is C7H12Cl12O. The first kappa shape index (κ1) is 34.7. The number of hydrogen-bond acceptors (Lipinski definition) is 1. The Morgan fingerprint density at radius 3 is 0.450 bits per heavy atom. The van der Waals surface area contributed by atoms with Crippen molar-refractivity contribution in [2.75, 3.05) is 0 Å². The SMILES string of the molecule is CC(C)O.ClC(Cl)Cl.ClC(Cl)Cl.ClC(Cl)Cl.ClC(Cl)Cl. The van der Waals surface area contributed by atoms with Gasteiger partial charge in [0.05, 0.1) is 0 Å². The first-order chi connectivity index (χ1) is 8.66. The van der Waals surface area contributed by atoms with Crippen molar-refractivity contribution in [3.8, 4) is 0 Å². The lowest BCUT2D eigenvalue weighted by Gasteiger charge is -1.80. The summed E-state index contributed by atoms with van der Waals surface area (Å²) >= 11 is 57.7. The van der Waals surface area contributed by atoms with Gasteiger partial charge in [0.25, 0.3) is 0 Å². The Hall–Kier alpha value is 3.44. The Kier molecular flexibility index (Phi) is 52.7. The van der Waals surface area contributed by atoms with E-state index >= 15 is 0 Å². The third-order valence-corrected chi connectivity index (χ3v) is 0. The van der Waals surface area contributed by atoms with E-state index < -0.39 is 17.2 Å². The van der Waals surface area contributed by atoms with E-state index in [-0.39, 0.29) is 6.10 Å². The molecular weight excluding hydrogens is 526 g/mol. The average molecular weight is 538 g/mol. The first-order valence-corrected chi connectivity index (χ1v) is 9.27. The van der Waals surface area contributed by atoms with Crippen molar-refractivity contribution >= 4 is 139 Å². The fraction of sp³-hybridized carbons (Fsp3) is 1.00. The lowest BCUT2D eigenvalue weighted by molar-refractivity contribution is 0.216. The van der Waals surface area contributed by atoms with E-state index in [9.17, 15) is 0 Å². The zero-order chi connectivity index (χ0) is 17.9. The van der Waals surface area contributed by atoms with E-state index in [4.69, 9.17) is 144 Å². The van der Waals surface area contributed by atoms with E-state index in [2.05, 4.69) is 0 Å². The molecule has 0 aromatic rings. The normalized spacial score (nSPS) is 9.00. The predicted octanol–water partition coefficient (Wildman–Crippen LogP) is 8.33. The number of halogens is 12. The topological polar surface area (TPSA) is 20.2 Å². The standard InChI is InChI=1S/C3H8O.4CHCl3/c1-3(2)4;4*2-1(3)4/h3-4H,1-2H3;4*1H. The van der Waals surface area contributed by atoms with Gasteiger partial charge in [0.2, 0.25) is 0 Å². The molecule has 0 atom stereocenters. The fourth-order valence-corrected chi connectivity index (χ4v) is 0. The maximum absolute atomic E-state index is 8.06. The van der Waals surface area contributed by atoms with Crippen LogP contribution in [0, 0.1) is 0 Å².